The van der Waals surface area contributed by atoms with Gasteiger partial charge in [0.05, 0.1) is 6.04 Å². The second-order valence-electron chi connectivity index (χ2n) is 6.20. The Morgan fingerprint density at radius 2 is 1.90 bits per heavy atom. The monoisotopic (exact) mass is 292 g/mol. The first kappa shape index (κ1) is 16.0. The largest absolute Gasteiger partial charge is 0.349 e. The molecule has 1 saturated carbocycles. The van der Waals surface area contributed by atoms with Crippen molar-refractivity contribution in [1.29, 1.82) is 0 Å². The quantitative estimate of drug-likeness (QED) is 0.876. The van der Waals surface area contributed by atoms with E-state index < -0.39 is 0 Å². The first-order valence-electron chi connectivity index (χ1n) is 7.81. The Morgan fingerprint density at radius 3 is 2.48 bits per heavy atom. The van der Waals surface area contributed by atoms with Gasteiger partial charge in [0, 0.05) is 17.5 Å². The minimum atomic E-state index is -0.277. The maximum Gasteiger partial charge on any atom is 0.224 e. The van der Waals surface area contributed by atoms with Crippen LogP contribution in [0.25, 0.3) is 0 Å². The van der Waals surface area contributed by atoms with Crippen molar-refractivity contribution in [2.24, 2.45) is 17.6 Å². The second kappa shape index (κ2) is 7.03. The lowest BCUT2D eigenvalue weighted by Gasteiger charge is -2.28. The number of rotatable bonds is 5. The van der Waals surface area contributed by atoms with E-state index >= 15 is 0 Å². The van der Waals surface area contributed by atoms with Crippen LogP contribution in [0.2, 0.25) is 0 Å². The van der Waals surface area contributed by atoms with Gasteiger partial charge in [-0.3, -0.25) is 4.79 Å². The van der Waals surface area contributed by atoms with E-state index in [-0.39, 0.29) is 29.7 Å². The Kier molecular flexibility index (Phi) is 5.34. The van der Waals surface area contributed by atoms with E-state index in [0.717, 1.165) is 25.7 Å². The third kappa shape index (κ3) is 3.82. The number of halogens is 1. The lowest BCUT2D eigenvalue weighted by Crippen LogP contribution is -2.42. The van der Waals surface area contributed by atoms with Crippen LogP contribution in [0.1, 0.15) is 51.1 Å². The molecule has 0 bridgehead atoms. The molecule has 3 atom stereocenters. The Labute approximate surface area is 126 Å². The number of carbonyl (C=O) groups is 1. The lowest BCUT2D eigenvalue weighted by molar-refractivity contribution is -0.126. The lowest BCUT2D eigenvalue weighted by atomic mass is 9.90. The van der Waals surface area contributed by atoms with Crippen molar-refractivity contribution in [3.63, 3.8) is 0 Å². The number of nitrogens with one attached hydrogen (secondary N) is 1. The van der Waals surface area contributed by atoms with Crippen molar-refractivity contribution >= 4 is 5.91 Å². The molecule has 116 valence electrons. The topological polar surface area (TPSA) is 55.1 Å². The molecule has 0 radical (unpaired) electrons. The number of carbonyl (C=O) groups excluding carboxylic acids is 1. The van der Waals surface area contributed by atoms with Gasteiger partial charge in [-0.1, -0.05) is 38.0 Å². The third-order valence-corrected chi connectivity index (χ3v) is 4.61. The molecule has 1 aliphatic carbocycles. The minimum Gasteiger partial charge on any atom is -0.349 e. The molecular weight excluding hydrogens is 267 g/mol. The van der Waals surface area contributed by atoms with Crippen molar-refractivity contribution in [3.05, 3.63) is 35.6 Å². The summed E-state index contributed by atoms with van der Waals surface area (Å²) in [5, 5.41) is 3.04. The van der Waals surface area contributed by atoms with Gasteiger partial charge in [0.1, 0.15) is 5.82 Å². The Hall–Kier alpha value is -1.42. The van der Waals surface area contributed by atoms with Gasteiger partial charge in [-0.05, 0) is 31.7 Å². The fourth-order valence-electron chi connectivity index (χ4n) is 2.99. The smallest absolute Gasteiger partial charge is 0.224 e. The molecule has 0 heterocycles. The molecule has 1 amide bonds. The summed E-state index contributed by atoms with van der Waals surface area (Å²) in [6, 6.07) is 6.27. The van der Waals surface area contributed by atoms with Crippen molar-refractivity contribution in [3.8, 4) is 0 Å². The third-order valence-electron chi connectivity index (χ3n) is 4.61. The molecule has 3 N–H and O–H groups in total. The highest BCUT2D eigenvalue weighted by molar-refractivity contribution is 5.79. The summed E-state index contributed by atoms with van der Waals surface area (Å²) in [7, 11) is 0. The van der Waals surface area contributed by atoms with Crippen LogP contribution in [-0.4, -0.2) is 11.9 Å². The van der Waals surface area contributed by atoms with Crippen LogP contribution in [0, 0.1) is 17.7 Å². The number of hydrogen-bond acceptors (Lipinski definition) is 2. The van der Waals surface area contributed by atoms with E-state index in [9.17, 15) is 9.18 Å². The Bertz CT molecular complexity index is 483. The van der Waals surface area contributed by atoms with E-state index in [1.165, 1.54) is 6.07 Å². The predicted octanol–water partition coefficient (Wildman–Crippen LogP) is 3.16. The van der Waals surface area contributed by atoms with Crippen molar-refractivity contribution < 1.29 is 9.18 Å². The van der Waals surface area contributed by atoms with E-state index in [2.05, 4.69) is 5.32 Å². The molecule has 1 aromatic carbocycles. The highest BCUT2D eigenvalue weighted by Crippen LogP contribution is 2.36. The zero-order valence-electron chi connectivity index (χ0n) is 12.8. The van der Waals surface area contributed by atoms with Crippen LogP contribution in [0.15, 0.2) is 24.3 Å². The van der Waals surface area contributed by atoms with Crippen molar-refractivity contribution in [1.82, 2.24) is 5.32 Å². The highest BCUT2D eigenvalue weighted by atomic mass is 19.1. The predicted molar refractivity (Wildman–Crippen MR) is 82.1 cm³/mol. The summed E-state index contributed by atoms with van der Waals surface area (Å²) >= 11 is 0. The molecule has 2 rings (SSSR count). The molecule has 4 heteroatoms. The van der Waals surface area contributed by atoms with Gasteiger partial charge >= 0.3 is 0 Å². The summed E-state index contributed by atoms with van der Waals surface area (Å²) in [5.74, 6) is -0.305. The normalized spacial score (nSPS) is 20.0. The minimum absolute atomic E-state index is 0.0925. The van der Waals surface area contributed by atoms with Crippen LogP contribution in [0.3, 0.4) is 0 Å². The molecular formula is C17H25FN2O. The van der Waals surface area contributed by atoms with Crippen LogP contribution >= 0.6 is 0 Å². The van der Waals surface area contributed by atoms with Crippen LogP contribution in [0.5, 0.6) is 0 Å². The van der Waals surface area contributed by atoms with Gasteiger partial charge < -0.3 is 11.1 Å². The number of benzene rings is 1. The van der Waals surface area contributed by atoms with Gasteiger partial charge in [-0.2, -0.15) is 0 Å². The van der Waals surface area contributed by atoms with Gasteiger partial charge in [-0.25, -0.2) is 4.39 Å². The number of hydrogen-bond donors (Lipinski definition) is 2. The summed E-state index contributed by atoms with van der Waals surface area (Å²) in [6.45, 7) is 3.63. The zero-order valence-corrected chi connectivity index (χ0v) is 12.8. The molecule has 0 saturated heterocycles. The van der Waals surface area contributed by atoms with E-state index in [0.29, 0.717) is 11.5 Å². The molecule has 0 aromatic heterocycles. The maximum atomic E-state index is 14.1. The van der Waals surface area contributed by atoms with E-state index in [1.54, 1.807) is 12.1 Å². The molecule has 1 aromatic rings. The first-order valence-corrected chi connectivity index (χ1v) is 7.81. The Balaban J connectivity index is 2.21. The van der Waals surface area contributed by atoms with Crippen LogP contribution in [-0.2, 0) is 4.79 Å². The molecule has 0 spiro atoms. The Morgan fingerprint density at radius 1 is 1.29 bits per heavy atom. The summed E-state index contributed by atoms with van der Waals surface area (Å²) in [5.41, 5.74) is 6.39. The summed E-state index contributed by atoms with van der Waals surface area (Å²) in [4.78, 5) is 12.3. The van der Waals surface area contributed by atoms with Gasteiger partial charge in [0.2, 0.25) is 5.91 Å². The molecule has 3 unspecified atom stereocenters. The van der Waals surface area contributed by atoms with E-state index in [4.69, 9.17) is 5.73 Å². The zero-order chi connectivity index (χ0) is 15.4. The molecule has 1 fully saturated rings. The summed E-state index contributed by atoms with van der Waals surface area (Å²) in [6.07, 6.45) is 4.36. The number of nitrogens with two attached hydrogens (primary N) is 1. The fraction of sp³-hybridized carbons (Fsp3) is 0.588. The molecule has 0 aliphatic heterocycles. The van der Waals surface area contributed by atoms with E-state index in [1.807, 2.05) is 19.9 Å². The summed E-state index contributed by atoms with van der Waals surface area (Å²) < 4.78 is 14.1. The molecule has 21 heavy (non-hydrogen) atoms. The van der Waals surface area contributed by atoms with Crippen molar-refractivity contribution in [2.45, 2.75) is 51.6 Å². The van der Waals surface area contributed by atoms with Crippen molar-refractivity contribution in [2.75, 3.05) is 0 Å². The van der Waals surface area contributed by atoms with Gasteiger partial charge in [0.15, 0.2) is 0 Å². The van der Waals surface area contributed by atoms with Crippen LogP contribution < -0.4 is 11.1 Å². The molecule has 1 aliphatic rings. The average molecular weight is 292 g/mol. The molecule has 3 nitrogen and oxygen atoms in total. The van der Waals surface area contributed by atoms with Gasteiger partial charge in [-0.15, -0.1) is 0 Å². The SMILES string of the molecule is CC(N)C(C)C(=O)NC(c1ccccc1F)C1CCCC1. The first-order chi connectivity index (χ1) is 10.0. The number of amides is 1. The van der Waals surface area contributed by atoms with Crippen LogP contribution in [0.4, 0.5) is 4.39 Å². The fourth-order valence-corrected chi connectivity index (χ4v) is 2.99. The second-order valence-corrected chi connectivity index (χ2v) is 6.20. The maximum absolute atomic E-state index is 14.1. The van der Waals surface area contributed by atoms with Gasteiger partial charge in [0.25, 0.3) is 0 Å². The standard InChI is InChI=1S/C17H25FN2O/c1-11(12(2)19)17(21)20-16(13-7-3-4-8-13)14-9-5-6-10-15(14)18/h5-6,9-13,16H,3-4,7-8,19H2,1-2H3,(H,20,21). The average Bonchev–Trinajstić information content (AvgIpc) is 2.98. The highest BCUT2D eigenvalue weighted by Gasteiger charge is 2.31.